The monoisotopic (exact) mass is 342 g/mol. The summed E-state index contributed by atoms with van der Waals surface area (Å²) in [7, 11) is 1.18. The molecule has 1 atom stereocenters. The number of hydrogen-bond acceptors (Lipinski definition) is 4. The van der Waals surface area contributed by atoms with Crippen LogP contribution in [0.4, 0.5) is 4.39 Å². The van der Waals surface area contributed by atoms with Gasteiger partial charge in [-0.25, -0.2) is 9.18 Å². The van der Waals surface area contributed by atoms with Crippen LogP contribution >= 0.6 is 11.6 Å². The number of nitriles is 1. The van der Waals surface area contributed by atoms with Gasteiger partial charge in [-0.15, -0.1) is 0 Å². The van der Waals surface area contributed by atoms with Gasteiger partial charge in [0.25, 0.3) is 0 Å². The van der Waals surface area contributed by atoms with E-state index in [1.807, 2.05) is 0 Å². The predicted octanol–water partition coefficient (Wildman–Crippen LogP) is 3.15. The Balaban J connectivity index is 2.46. The van der Waals surface area contributed by atoms with Crippen molar-refractivity contribution in [2.24, 2.45) is 5.73 Å². The van der Waals surface area contributed by atoms with Crippen molar-refractivity contribution in [1.82, 2.24) is 0 Å². The molecule has 0 amide bonds. The minimum absolute atomic E-state index is 0.0388. The molecule has 2 N–H and O–H groups in total. The van der Waals surface area contributed by atoms with Gasteiger partial charge in [-0.05, 0) is 23.8 Å². The average Bonchev–Trinajstić information content (AvgIpc) is 2.83. The summed E-state index contributed by atoms with van der Waals surface area (Å²) in [5, 5.41) is 10.4. The summed E-state index contributed by atoms with van der Waals surface area (Å²) < 4.78 is 19.3. The van der Waals surface area contributed by atoms with Crippen LogP contribution in [0.2, 0.25) is 5.02 Å². The van der Waals surface area contributed by atoms with E-state index in [0.717, 1.165) is 0 Å². The van der Waals surface area contributed by atoms with E-state index in [4.69, 9.17) is 22.1 Å². The van der Waals surface area contributed by atoms with Gasteiger partial charge in [0, 0.05) is 16.1 Å². The zero-order valence-electron chi connectivity index (χ0n) is 12.6. The molecule has 120 valence electrons. The van der Waals surface area contributed by atoms with Gasteiger partial charge in [-0.2, -0.15) is 5.26 Å². The Morgan fingerprint density at radius 2 is 2.00 bits per heavy atom. The molecule has 0 aromatic heterocycles. The molecule has 0 saturated heterocycles. The van der Waals surface area contributed by atoms with Gasteiger partial charge in [0.15, 0.2) is 0 Å². The molecular formula is C18H12ClFN2O2. The van der Waals surface area contributed by atoms with Crippen molar-refractivity contribution in [3.8, 4) is 6.07 Å². The van der Waals surface area contributed by atoms with Crippen molar-refractivity contribution >= 4 is 23.3 Å². The van der Waals surface area contributed by atoms with Gasteiger partial charge in [-0.1, -0.05) is 35.9 Å². The minimum Gasteiger partial charge on any atom is -0.466 e. The molecule has 6 heteroatoms. The van der Waals surface area contributed by atoms with E-state index in [9.17, 15) is 14.4 Å². The number of benzene rings is 2. The van der Waals surface area contributed by atoms with E-state index in [1.165, 1.54) is 25.3 Å². The first-order valence-corrected chi connectivity index (χ1v) is 7.40. The molecule has 0 radical (unpaired) electrons. The lowest BCUT2D eigenvalue weighted by Gasteiger charge is -2.26. The molecule has 1 unspecified atom stereocenters. The summed E-state index contributed by atoms with van der Waals surface area (Å²) in [6, 6.07) is 12.6. The van der Waals surface area contributed by atoms with Gasteiger partial charge in [0.05, 0.1) is 24.4 Å². The molecule has 2 aromatic carbocycles. The summed E-state index contributed by atoms with van der Waals surface area (Å²) in [4.78, 5) is 12.4. The third-order valence-electron chi connectivity index (χ3n) is 4.16. The number of nitrogens with zero attached hydrogens (tertiary/aromatic N) is 1. The SMILES string of the molecule is COC(=O)C1=C(N)c2cc(Cl)ccc2C1(C#N)c1ccccc1F. The summed E-state index contributed by atoms with van der Waals surface area (Å²) >= 11 is 6.01. The minimum atomic E-state index is -1.69. The third-order valence-corrected chi connectivity index (χ3v) is 4.39. The van der Waals surface area contributed by atoms with E-state index < -0.39 is 17.2 Å². The fourth-order valence-electron chi connectivity index (χ4n) is 3.12. The van der Waals surface area contributed by atoms with Gasteiger partial charge in [-0.3, -0.25) is 0 Å². The Hall–Kier alpha value is -2.84. The van der Waals surface area contributed by atoms with Crippen LogP contribution < -0.4 is 5.73 Å². The standard InChI is InChI=1S/C18H12ClFN2O2/c1-24-17(23)15-16(22)11-8-10(19)6-7-12(11)18(15,9-21)13-4-2-3-5-14(13)20/h2-8H,22H2,1H3. The lowest BCUT2D eigenvalue weighted by atomic mass is 9.72. The Kier molecular flexibility index (Phi) is 3.78. The van der Waals surface area contributed by atoms with Gasteiger partial charge >= 0.3 is 5.97 Å². The molecule has 24 heavy (non-hydrogen) atoms. The number of hydrogen-bond donors (Lipinski definition) is 1. The second kappa shape index (κ2) is 5.66. The molecule has 0 saturated carbocycles. The number of carbonyl (C=O) groups is 1. The summed E-state index contributed by atoms with van der Waals surface area (Å²) in [6.07, 6.45) is 0. The first-order chi connectivity index (χ1) is 11.5. The molecule has 0 bridgehead atoms. The first-order valence-electron chi connectivity index (χ1n) is 7.02. The molecule has 0 spiro atoms. The van der Waals surface area contributed by atoms with Crippen LogP contribution in [-0.2, 0) is 14.9 Å². The van der Waals surface area contributed by atoms with Crippen molar-refractivity contribution in [2.45, 2.75) is 5.41 Å². The molecular weight excluding hydrogens is 331 g/mol. The second-order valence-electron chi connectivity index (χ2n) is 5.31. The van der Waals surface area contributed by atoms with Crippen molar-refractivity contribution in [2.75, 3.05) is 7.11 Å². The highest BCUT2D eigenvalue weighted by molar-refractivity contribution is 6.31. The van der Waals surface area contributed by atoms with E-state index in [0.29, 0.717) is 16.1 Å². The lowest BCUT2D eigenvalue weighted by molar-refractivity contribution is -0.136. The fourth-order valence-corrected chi connectivity index (χ4v) is 3.30. The predicted molar refractivity (Wildman–Crippen MR) is 87.4 cm³/mol. The van der Waals surface area contributed by atoms with Crippen LogP contribution in [0.5, 0.6) is 0 Å². The van der Waals surface area contributed by atoms with Crippen molar-refractivity contribution in [1.29, 1.82) is 5.26 Å². The highest BCUT2D eigenvalue weighted by Crippen LogP contribution is 2.50. The fraction of sp³-hybridized carbons (Fsp3) is 0.111. The van der Waals surface area contributed by atoms with Gasteiger partial charge in [0.2, 0.25) is 0 Å². The Labute approximate surface area is 142 Å². The molecule has 1 aliphatic rings. The van der Waals surface area contributed by atoms with Crippen LogP contribution in [0.1, 0.15) is 16.7 Å². The number of nitrogens with two attached hydrogens (primary N) is 1. The number of esters is 1. The van der Waals surface area contributed by atoms with Crippen LogP contribution in [0.3, 0.4) is 0 Å². The zero-order chi connectivity index (χ0) is 17.5. The Bertz CT molecular complexity index is 933. The molecule has 0 fully saturated rings. The van der Waals surface area contributed by atoms with Crippen molar-refractivity contribution < 1.29 is 13.9 Å². The quantitative estimate of drug-likeness (QED) is 0.851. The summed E-state index contributed by atoms with van der Waals surface area (Å²) in [6.45, 7) is 0. The number of fused-ring (bicyclic) bond motifs is 1. The molecule has 2 aromatic rings. The molecule has 0 heterocycles. The van der Waals surface area contributed by atoms with Gasteiger partial charge < -0.3 is 10.5 Å². The molecule has 1 aliphatic carbocycles. The van der Waals surface area contributed by atoms with Crippen molar-refractivity contribution in [3.63, 3.8) is 0 Å². The van der Waals surface area contributed by atoms with Crippen LogP contribution in [0, 0.1) is 17.1 Å². The highest BCUT2D eigenvalue weighted by atomic mass is 35.5. The number of ether oxygens (including phenoxy) is 1. The van der Waals surface area contributed by atoms with Gasteiger partial charge in [0.1, 0.15) is 11.2 Å². The third kappa shape index (κ3) is 2.00. The number of carbonyl (C=O) groups excluding carboxylic acids is 1. The second-order valence-corrected chi connectivity index (χ2v) is 5.75. The maximum Gasteiger partial charge on any atom is 0.338 e. The zero-order valence-corrected chi connectivity index (χ0v) is 13.4. The summed E-state index contributed by atoms with van der Waals surface area (Å²) in [5.41, 5.74) is 5.25. The first kappa shape index (κ1) is 16.0. The van der Waals surface area contributed by atoms with E-state index in [1.54, 1.807) is 24.3 Å². The van der Waals surface area contributed by atoms with E-state index in [2.05, 4.69) is 6.07 Å². The largest absolute Gasteiger partial charge is 0.466 e. The van der Waals surface area contributed by atoms with Crippen LogP contribution in [0.25, 0.3) is 5.70 Å². The Morgan fingerprint density at radius 1 is 1.29 bits per heavy atom. The van der Waals surface area contributed by atoms with Crippen LogP contribution in [-0.4, -0.2) is 13.1 Å². The Morgan fingerprint density at radius 3 is 2.62 bits per heavy atom. The number of methoxy groups -OCH3 is 1. The normalized spacial score (nSPS) is 18.9. The average molecular weight is 343 g/mol. The molecule has 4 nitrogen and oxygen atoms in total. The maximum atomic E-state index is 14.5. The summed E-state index contributed by atoms with van der Waals surface area (Å²) in [5.74, 6) is -1.40. The van der Waals surface area contributed by atoms with E-state index >= 15 is 0 Å². The van der Waals surface area contributed by atoms with Crippen LogP contribution in [0.15, 0.2) is 48.0 Å². The number of rotatable bonds is 2. The van der Waals surface area contributed by atoms with E-state index in [-0.39, 0.29) is 16.8 Å². The molecule has 3 rings (SSSR count). The number of halogens is 2. The topological polar surface area (TPSA) is 76.1 Å². The van der Waals surface area contributed by atoms with Crippen molar-refractivity contribution in [3.05, 3.63) is 75.6 Å². The smallest absolute Gasteiger partial charge is 0.338 e. The molecule has 0 aliphatic heterocycles. The lowest BCUT2D eigenvalue weighted by Crippen LogP contribution is -2.32. The maximum absolute atomic E-state index is 14.5. The highest BCUT2D eigenvalue weighted by Gasteiger charge is 2.51.